The van der Waals surface area contributed by atoms with Crippen LogP contribution in [0.5, 0.6) is 0 Å². The molecule has 0 aliphatic heterocycles. The van der Waals surface area contributed by atoms with Crippen molar-refractivity contribution in [1.29, 1.82) is 0 Å². The molecule has 8 heteroatoms. The van der Waals surface area contributed by atoms with E-state index >= 15 is 0 Å². The zero-order valence-electron chi connectivity index (χ0n) is 12.2. The Morgan fingerprint density at radius 2 is 1.77 bits per heavy atom. The van der Waals surface area contributed by atoms with E-state index < -0.39 is 11.8 Å². The van der Waals surface area contributed by atoms with Crippen molar-refractivity contribution in [2.75, 3.05) is 19.6 Å². The predicted octanol–water partition coefficient (Wildman–Crippen LogP) is -0.613. The Bertz CT molecular complexity index is 496. The summed E-state index contributed by atoms with van der Waals surface area (Å²) in [6, 6.07) is 9.36. The number of carbonyl (C=O) groups is 3. The molecule has 0 unspecified atom stereocenters. The molecule has 5 N–H and O–H groups in total. The highest BCUT2D eigenvalue weighted by Gasteiger charge is 2.15. The molecule has 22 heavy (non-hydrogen) atoms. The van der Waals surface area contributed by atoms with E-state index in [1.54, 1.807) is 0 Å². The van der Waals surface area contributed by atoms with Crippen LogP contribution in [0.2, 0.25) is 0 Å². The van der Waals surface area contributed by atoms with Crippen LogP contribution in [0.1, 0.15) is 12.0 Å². The van der Waals surface area contributed by atoms with Gasteiger partial charge in [-0.25, -0.2) is 0 Å². The topological polar surface area (TPSA) is 119 Å². The van der Waals surface area contributed by atoms with Crippen molar-refractivity contribution in [1.82, 2.24) is 10.2 Å². The van der Waals surface area contributed by atoms with Crippen molar-refractivity contribution >= 4 is 30.1 Å². The first-order chi connectivity index (χ1) is 10.0. The molecular formula is C14H21ClN4O3. The van der Waals surface area contributed by atoms with Crippen molar-refractivity contribution in [2.24, 2.45) is 11.5 Å². The maximum Gasteiger partial charge on any atom is 0.242 e. The summed E-state index contributed by atoms with van der Waals surface area (Å²) >= 11 is 0. The fraction of sp³-hybridized carbons (Fsp3) is 0.357. The summed E-state index contributed by atoms with van der Waals surface area (Å²) in [5, 5.41) is 2.41. The van der Waals surface area contributed by atoms with Crippen LogP contribution in [0.15, 0.2) is 30.3 Å². The average Bonchev–Trinajstić information content (AvgIpc) is 2.49. The van der Waals surface area contributed by atoms with Gasteiger partial charge in [-0.1, -0.05) is 30.3 Å². The summed E-state index contributed by atoms with van der Waals surface area (Å²) < 4.78 is 0. The van der Waals surface area contributed by atoms with E-state index in [4.69, 9.17) is 11.5 Å². The molecular weight excluding hydrogens is 308 g/mol. The zero-order chi connectivity index (χ0) is 15.7. The van der Waals surface area contributed by atoms with Gasteiger partial charge in [0.25, 0.3) is 0 Å². The molecule has 122 valence electrons. The Morgan fingerprint density at radius 1 is 1.14 bits per heavy atom. The minimum Gasteiger partial charge on any atom is -0.370 e. The molecule has 0 atom stereocenters. The van der Waals surface area contributed by atoms with Crippen LogP contribution in [0.25, 0.3) is 0 Å². The molecule has 0 radical (unpaired) electrons. The van der Waals surface area contributed by atoms with E-state index in [1.807, 2.05) is 30.3 Å². The fourth-order valence-electron chi connectivity index (χ4n) is 1.70. The number of nitrogens with zero attached hydrogens (tertiary/aromatic N) is 1. The SMILES string of the molecule is Cl.NCC(=O)NCC(=O)N(CCC(N)=O)Cc1ccccc1. The fourth-order valence-corrected chi connectivity index (χ4v) is 1.70. The van der Waals surface area contributed by atoms with E-state index in [0.29, 0.717) is 6.54 Å². The van der Waals surface area contributed by atoms with Gasteiger partial charge in [-0.3, -0.25) is 14.4 Å². The first kappa shape index (κ1) is 19.9. The number of primary amides is 1. The van der Waals surface area contributed by atoms with Crippen LogP contribution in [0.4, 0.5) is 0 Å². The summed E-state index contributed by atoms with van der Waals surface area (Å²) in [6.45, 7) is 0.238. The molecule has 0 fully saturated rings. The Balaban J connectivity index is 0.00000441. The highest BCUT2D eigenvalue weighted by molar-refractivity contribution is 5.86. The van der Waals surface area contributed by atoms with Gasteiger partial charge in [0.1, 0.15) is 0 Å². The molecule has 0 heterocycles. The van der Waals surface area contributed by atoms with Crippen LogP contribution in [-0.4, -0.2) is 42.3 Å². The summed E-state index contributed by atoms with van der Waals surface area (Å²) in [4.78, 5) is 35.6. The average molecular weight is 329 g/mol. The van der Waals surface area contributed by atoms with Gasteiger partial charge in [0.2, 0.25) is 17.7 Å². The van der Waals surface area contributed by atoms with Gasteiger partial charge in [0.15, 0.2) is 0 Å². The molecule has 0 saturated heterocycles. The molecule has 1 aromatic rings. The van der Waals surface area contributed by atoms with Gasteiger partial charge in [-0.15, -0.1) is 12.4 Å². The summed E-state index contributed by atoms with van der Waals surface area (Å²) in [5.41, 5.74) is 11.2. The Morgan fingerprint density at radius 3 is 2.32 bits per heavy atom. The molecule has 0 aliphatic rings. The van der Waals surface area contributed by atoms with Gasteiger partial charge in [-0.2, -0.15) is 0 Å². The van der Waals surface area contributed by atoms with Gasteiger partial charge in [0, 0.05) is 19.5 Å². The van der Waals surface area contributed by atoms with Crippen LogP contribution in [-0.2, 0) is 20.9 Å². The second kappa shape index (κ2) is 10.6. The lowest BCUT2D eigenvalue weighted by Gasteiger charge is -2.22. The number of nitrogens with one attached hydrogen (secondary N) is 1. The normalized spacial score (nSPS) is 9.50. The number of benzene rings is 1. The maximum atomic E-state index is 12.1. The Hall–Kier alpha value is -2.12. The molecule has 7 nitrogen and oxygen atoms in total. The van der Waals surface area contributed by atoms with E-state index in [0.717, 1.165) is 5.56 Å². The number of halogens is 1. The molecule has 1 aromatic carbocycles. The molecule has 0 aliphatic carbocycles. The third-order valence-corrected chi connectivity index (χ3v) is 2.82. The number of nitrogens with two attached hydrogens (primary N) is 2. The summed E-state index contributed by atoms with van der Waals surface area (Å²) in [7, 11) is 0. The van der Waals surface area contributed by atoms with Gasteiger partial charge < -0.3 is 21.7 Å². The van der Waals surface area contributed by atoms with Crippen LogP contribution in [0, 0.1) is 0 Å². The van der Waals surface area contributed by atoms with Gasteiger partial charge >= 0.3 is 0 Å². The predicted molar refractivity (Wildman–Crippen MR) is 85.0 cm³/mol. The third kappa shape index (κ3) is 7.61. The smallest absolute Gasteiger partial charge is 0.242 e. The Labute approximate surface area is 135 Å². The van der Waals surface area contributed by atoms with Gasteiger partial charge in [0.05, 0.1) is 13.1 Å². The first-order valence-corrected chi connectivity index (χ1v) is 6.59. The Kier molecular flexibility index (Phi) is 9.56. The highest BCUT2D eigenvalue weighted by Crippen LogP contribution is 2.05. The number of amides is 3. The van der Waals surface area contributed by atoms with E-state index in [1.165, 1.54) is 4.90 Å². The maximum absolute atomic E-state index is 12.1. The minimum absolute atomic E-state index is 0. The zero-order valence-corrected chi connectivity index (χ0v) is 13.0. The lowest BCUT2D eigenvalue weighted by Crippen LogP contribution is -2.42. The molecule has 1 rings (SSSR count). The van der Waals surface area contributed by atoms with Crippen molar-refractivity contribution < 1.29 is 14.4 Å². The quantitative estimate of drug-likeness (QED) is 0.589. The molecule has 0 aromatic heterocycles. The standard InChI is InChI=1S/C14H20N4O3.ClH/c15-8-13(20)17-9-14(21)18(7-6-12(16)19)10-11-4-2-1-3-5-11;/h1-5H,6-10,15H2,(H2,16,19)(H,17,20);1H. The minimum atomic E-state index is -0.480. The van der Waals surface area contributed by atoms with Crippen LogP contribution in [0.3, 0.4) is 0 Å². The van der Waals surface area contributed by atoms with E-state index in [-0.39, 0.29) is 44.4 Å². The van der Waals surface area contributed by atoms with Gasteiger partial charge in [-0.05, 0) is 5.56 Å². The number of rotatable bonds is 8. The molecule has 0 saturated carbocycles. The summed E-state index contributed by atoms with van der Waals surface area (Å²) in [5.74, 6) is -1.17. The first-order valence-electron chi connectivity index (χ1n) is 6.59. The lowest BCUT2D eigenvalue weighted by molar-refractivity contribution is -0.133. The summed E-state index contributed by atoms with van der Waals surface area (Å²) in [6.07, 6.45) is 0.0728. The van der Waals surface area contributed by atoms with Crippen LogP contribution >= 0.6 is 12.4 Å². The van der Waals surface area contributed by atoms with Crippen molar-refractivity contribution in [2.45, 2.75) is 13.0 Å². The van der Waals surface area contributed by atoms with Crippen molar-refractivity contribution in [3.63, 3.8) is 0 Å². The highest BCUT2D eigenvalue weighted by atomic mass is 35.5. The number of carbonyl (C=O) groups excluding carboxylic acids is 3. The molecule has 0 bridgehead atoms. The monoisotopic (exact) mass is 328 g/mol. The van der Waals surface area contributed by atoms with Crippen molar-refractivity contribution in [3.05, 3.63) is 35.9 Å². The van der Waals surface area contributed by atoms with E-state index in [2.05, 4.69) is 5.32 Å². The second-order valence-electron chi connectivity index (χ2n) is 4.50. The largest absolute Gasteiger partial charge is 0.370 e. The van der Waals surface area contributed by atoms with Crippen molar-refractivity contribution in [3.8, 4) is 0 Å². The number of hydrogen-bond donors (Lipinski definition) is 3. The number of hydrogen-bond acceptors (Lipinski definition) is 4. The second-order valence-corrected chi connectivity index (χ2v) is 4.50. The van der Waals surface area contributed by atoms with Crippen LogP contribution < -0.4 is 16.8 Å². The molecule has 0 spiro atoms. The lowest BCUT2D eigenvalue weighted by atomic mass is 10.2. The molecule has 3 amide bonds. The third-order valence-electron chi connectivity index (χ3n) is 2.82. The van der Waals surface area contributed by atoms with E-state index in [9.17, 15) is 14.4 Å².